The number of halogens is 1. The van der Waals surface area contributed by atoms with Gasteiger partial charge in [0.25, 0.3) is 0 Å². The standard InChI is InChI=1S/C19H24N4O2.ClH/c1-3-20-13-15-9-7-8-12-17(15)23-18(24)14(2)21-19(25)22-16-10-5-4-6-11-16;/h4-12,14,20H,3,13H2,1-2H3,(H,23,24)(H2,21,22,25);1H. The van der Waals surface area contributed by atoms with Crippen molar-refractivity contribution >= 4 is 35.7 Å². The maximum atomic E-state index is 12.4. The van der Waals surface area contributed by atoms with E-state index in [-0.39, 0.29) is 18.3 Å². The number of para-hydroxylation sites is 2. The van der Waals surface area contributed by atoms with Gasteiger partial charge in [0.05, 0.1) is 0 Å². The van der Waals surface area contributed by atoms with Crippen LogP contribution in [-0.2, 0) is 11.3 Å². The van der Waals surface area contributed by atoms with Gasteiger partial charge in [-0.15, -0.1) is 12.4 Å². The van der Waals surface area contributed by atoms with Crippen LogP contribution in [0, 0.1) is 0 Å². The summed E-state index contributed by atoms with van der Waals surface area (Å²) < 4.78 is 0. The Hall–Kier alpha value is -2.57. The summed E-state index contributed by atoms with van der Waals surface area (Å²) in [5.41, 5.74) is 2.41. The van der Waals surface area contributed by atoms with Crippen molar-refractivity contribution in [2.45, 2.75) is 26.4 Å². The molecule has 7 heteroatoms. The van der Waals surface area contributed by atoms with Gasteiger partial charge in [0.1, 0.15) is 6.04 Å². The third-order valence-electron chi connectivity index (χ3n) is 3.61. The first kappa shape index (κ1) is 21.5. The van der Waals surface area contributed by atoms with Crippen molar-refractivity contribution in [1.29, 1.82) is 0 Å². The minimum absolute atomic E-state index is 0. The lowest BCUT2D eigenvalue weighted by Crippen LogP contribution is -2.43. The van der Waals surface area contributed by atoms with Crippen LogP contribution >= 0.6 is 12.4 Å². The summed E-state index contributed by atoms with van der Waals surface area (Å²) in [6, 6.07) is 15.6. The van der Waals surface area contributed by atoms with E-state index in [0.29, 0.717) is 12.2 Å². The van der Waals surface area contributed by atoms with Crippen LogP contribution in [0.4, 0.5) is 16.2 Å². The van der Waals surface area contributed by atoms with Gasteiger partial charge in [-0.2, -0.15) is 0 Å². The normalized spacial score (nSPS) is 11.0. The van der Waals surface area contributed by atoms with Crippen molar-refractivity contribution in [2.24, 2.45) is 0 Å². The fourth-order valence-electron chi connectivity index (χ4n) is 2.25. The zero-order valence-corrected chi connectivity index (χ0v) is 15.7. The summed E-state index contributed by atoms with van der Waals surface area (Å²) in [5.74, 6) is -0.271. The first-order chi connectivity index (χ1) is 12.1. The Morgan fingerprint density at radius 3 is 2.31 bits per heavy atom. The van der Waals surface area contributed by atoms with Crippen LogP contribution in [0.3, 0.4) is 0 Å². The first-order valence-electron chi connectivity index (χ1n) is 8.32. The van der Waals surface area contributed by atoms with Gasteiger partial charge in [-0.25, -0.2) is 4.79 Å². The van der Waals surface area contributed by atoms with E-state index in [9.17, 15) is 9.59 Å². The van der Waals surface area contributed by atoms with Gasteiger partial charge < -0.3 is 21.3 Å². The lowest BCUT2D eigenvalue weighted by atomic mass is 10.1. The fraction of sp³-hybridized carbons (Fsp3) is 0.263. The molecule has 2 aromatic carbocycles. The highest BCUT2D eigenvalue weighted by Gasteiger charge is 2.16. The maximum absolute atomic E-state index is 12.4. The average molecular weight is 377 g/mol. The summed E-state index contributed by atoms with van der Waals surface area (Å²) in [5, 5.41) is 11.4. The van der Waals surface area contributed by atoms with Crippen molar-refractivity contribution in [3.05, 3.63) is 60.2 Å². The zero-order valence-electron chi connectivity index (χ0n) is 14.9. The minimum atomic E-state index is -0.670. The third-order valence-corrected chi connectivity index (χ3v) is 3.61. The molecule has 0 aromatic heterocycles. The molecule has 0 saturated heterocycles. The molecule has 26 heavy (non-hydrogen) atoms. The Morgan fingerprint density at radius 1 is 0.962 bits per heavy atom. The fourth-order valence-corrected chi connectivity index (χ4v) is 2.25. The number of rotatable bonds is 7. The lowest BCUT2D eigenvalue weighted by Gasteiger charge is -2.16. The van der Waals surface area contributed by atoms with Gasteiger partial charge in [0, 0.05) is 17.9 Å². The van der Waals surface area contributed by atoms with E-state index in [2.05, 4.69) is 21.3 Å². The van der Waals surface area contributed by atoms with Crippen molar-refractivity contribution in [1.82, 2.24) is 10.6 Å². The molecule has 2 rings (SSSR count). The molecular formula is C19H25ClN4O2. The number of hydrogen-bond acceptors (Lipinski definition) is 3. The number of urea groups is 1. The Labute approximate surface area is 160 Å². The van der Waals surface area contributed by atoms with E-state index < -0.39 is 12.1 Å². The maximum Gasteiger partial charge on any atom is 0.319 e. The highest BCUT2D eigenvalue weighted by atomic mass is 35.5. The van der Waals surface area contributed by atoms with Crippen LogP contribution < -0.4 is 21.3 Å². The van der Waals surface area contributed by atoms with Crippen LogP contribution in [-0.4, -0.2) is 24.5 Å². The summed E-state index contributed by atoms with van der Waals surface area (Å²) in [6.45, 7) is 5.19. The molecule has 2 aromatic rings. The number of amides is 3. The minimum Gasteiger partial charge on any atom is -0.326 e. The molecule has 1 unspecified atom stereocenters. The topological polar surface area (TPSA) is 82.3 Å². The highest BCUT2D eigenvalue weighted by molar-refractivity contribution is 5.99. The average Bonchev–Trinajstić information content (AvgIpc) is 2.61. The second kappa shape index (κ2) is 11.1. The van der Waals surface area contributed by atoms with E-state index in [0.717, 1.165) is 17.8 Å². The number of hydrogen-bond donors (Lipinski definition) is 4. The van der Waals surface area contributed by atoms with Crippen molar-refractivity contribution in [2.75, 3.05) is 17.2 Å². The van der Waals surface area contributed by atoms with E-state index in [1.165, 1.54) is 0 Å². The molecule has 0 aliphatic heterocycles. The molecule has 0 aliphatic carbocycles. The molecule has 1 atom stereocenters. The molecule has 0 spiro atoms. The van der Waals surface area contributed by atoms with E-state index in [1.807, 2.05) is 49.4 Å². The summed E-state index contributed by atoms with van der Waals surface area (Å²) >= 11 is 0. The van der Waals surface area contributed by atoms with Gasteiger partial charge in [-0.1, -0.05) is 43.3 Å². The van der Waals surface area contributed by atoms with E-state index in [4.69, 9.17) is 0 Å². The second-order valence-corrected chi connectivity index (χ2v) is 5.61. The highest BCUT2D eigenvalue weighted by Crippen LogP contribution is 2.15. The van der Waals surface area contributed by atoms with Crippen molar-refractivity contribution < 1.29 is 9.59 Å². The van der Waals surface area contributed by atoms with Crippen LogP contribution in [0.1, 0.15) is 19.4 Å². The van der Waals surface area contributed by atoms with Gasteiger partial charge >= 0.3 is 6.03 Å². The molecule has 140 valence electrons. The number of anilines is 2. The van der Waals surface area contributed by atoms with E-state index >= 15 is 0 Å². The quantitative estimate of drug-likeness (QED) is 0.598. The van der Waals surface area contributed by atoms with Crippen LogP contribution in [0.25, 0.3) is 0 Å². The summed E-state index contributed by atoms with van der Waals surface area (Å²) in [6.07, 6.45) is 0. The number of benzene rings is 2. The molecule has 0 bridgehead atoms. The summed E-state index contributed by atoms with van der Waals surface area (Å²) in [4.78, 5) is 24.3. The van der Waals surface area contributed by atoms with Gasteiger partial charge in [0.15, 0.2) is 0 Å². The largest absolute Gasteiger partial charge is 0.326 e. The molecule has 4 N–H and O–H groups in total. The smallest absolute Gasteiger partial charge is 0.319 e. The molecule has 0 aliphatic rings. The Morgan fingerprint density at radius 2 is 1.62 bits per heavy atom. The van der Waals surface area contributed by atoms with E-state index in [1.54, 1.807) is 19.1 Å². The lowest BCUT2D eigenvalue weighted by molar-refractivity contribution is -0.117. The van der Waals surface area contributed by atoms with Gasteiger partial charge in [0.2, 0.25) is 5.91 Å². The molecule has 6 nitrogen and oxygen atoms in total. The van der Waals surface area contributed by atoms with Crippen LogP contribution in [0.2, 0.25) is 0 Å². The van der Waals surface area contributed by atoms with Crippen molar-refractivity contribution in [3.8, 4) is 0 Å². The monoisotopic (exact) mass is 376 g/mol. The Kier molecular flexibility index (Phi) is 9.19. The predicted octanol–water partition coefficient (Wildman–Crippen LogP) is 3.37. The number of carbonyl (C=O) groups is 2. The SMILES string of the molecule is CCNCc1ccccc1NC(=O)C(C)NC(=O)Nc1ccccc1.Cl. The second-order valence-electron chi connectivity index (χ2n) is 5.61. The van der Waals surface area contributed by atoms with Crippen LogP contribution in [0.5, 0.6) is 0 Å². The number of carbonyl (C=O) groups excluding carboxylic acids is 2. The number of nitrogens with one attached hydrogen (secondary N) is 4. The van der Waals surface area contributed by atoms with Crippen molar-refractivity contribution in [3.63, 3.8) is 0 Å². The first-order valence-corrected chi connectivity index (χ1v) is 8.32. The van der Waals surface area contributed by atoms with Gasteiger partial charge in [-0.05, 0) is 37.2 Å². The zero-order chi connectivity index (χ0) is 18.1. The Bertz CT molecular complexity index is 710. The third kappa shape index (κ3) is 6.74. The van der Waals surface area contributed by atoms with Crippen LogP contribution in [0.15, 0.2) is 54.6 Å². The molecule has 3 amide bonds. The Balaban J connectivity index is 0.00000338. The molecule has 0 fully saturated rings. The molecule has 0 heterocycles. The summed E-state index contributed by atoms with van der Waals surface area (Å²) in [7, 11) is 0. The molecule has 0 saturated carbocycles. The predicted molar refractivity (Wildman–Crippen MR) is 108 cm³/mol. The van der Waals surface area contributed by atoms with Gasteiger partial charge in [-0.3, -0.25) is 4.79 Å². The molecular weight excluding hydrogens is 352 g/mol. The molecule has 0 radical (unpaired) electrons.